The fourth-order valence-electron chi connectivity index (χ4n) is 2.47. The van der Waals surface area contributed by atoms with Crippen molar-refractivity contribution in [3.63, 3.8) is 0 Å². The zero-order chi connectivity index (χ0) is 13.1. The van der Waals surface area contributed by atoms with E-state index in [4.69, 9.17) is 5.26 Å². The lowest BCUT2D eigenvalue weighted by atomic mass is 9.77. The van der Waals surface area contributed by atoms with Gasteiger partial charge in [-0.2, -0.15) is 5.26 Å². The summed E-state index contributed by atoms with van der Waals surface area (Å²) in [5, 5.41) is 8.82. The summed E-state index contributed by atoms with van der Waals surface area (Å²) < 4.78 is 0. The number of hydrogen-bond donors (Lipinski definition) is 0. The molecular weight excluding hydrogens is 212 g/mol. The molecule has 1 heterocycles. The molecule has 0 saturated carbocycles. The summed E-state index contributed by atoms with van der Waals surface area (Å²) in [7, 11) is 0. The number of rotatable bonds is 2. The van der Waals surface area contributed by atoms with Crippen molar-refractivity contribution in [2.45, 2.75) is 47.0 Å². The Hall–Kier alpha value is -1.04. The number of nitriles is 1. The van der Waals surface area contributed by atoms with Gasteiger partial charge in [0, 0.05) is 19.5 Å². The maximum Gasteiger partial charge on any atom is 0.222 e. The lowest BCUT2D eigenvalue weighted by Crippen LogP contribution is -2.34. The molecule has 0 aromatic carbocycles. The Morgan fingerprint density at radius 3 is 2.65 bits per heavy atom. The predicted molar refractivity (Wildman–Crippen MR) is 68.2 cm³/mol. The van der Waals surface area contributed by atoms with Crippen LogP contribution in [0.4, 0.5) is 0 Å². The molecule has 1 amide bonds. The molecule has 17 heavy (non-hydrogen) atoms. The second kappa shape index (κ2) is 5.53. The Morgan fingerprint density at radius 2 is 2.12 bits per heavy atom. The first-order valence-corrected chi connectivity index (χ1v) is 6.52. The molecule has 1 saturated heterocycles. The molecule has 3 heteroatoms. The van der Waals surface area contributed by atoms with Gasteiger partial charge in [0.2, 0.25) is 5.91 Å². The number of carbonyl (C=O) groups excluding carboxylic acids is 1. The normalized spacial score (nSPS) is 24.1. The van der Waals surface area contributed by atoms with Gasteiger partial charge in [-0.25, -0.2) is 0 Å². The Kier molecular flexibility index (Phi) is 4.56. The molecule has 1 aliphatic rings. The summed E-state index contributed by atoms with van der Waals surface area (Å²) >= 11 is 0. The Balaban J connectivity index is 2.61. The lowest BCUT2D eigenvalue weighted by molar-refractivity contribution is -0.131. The molecule has 2 atom stereocenters. The van der Waals surface area contributed by atoms with Gasteiger partial charge in [0.25, 0.3) is 0 Å². The molecule has 1 aliphatic heterocycles. The van der Waals surface area contributed by atoms with E-state index < -0.39 is 0 Å². The lowest BCUT2D eigenvalue weighted by Gasteiger charge is -2.29. The minimum absolute atomic E-state index is 0.0647. The third kappa shape index (κ3) is 4.03. The first kappa shape index (κ1) is 14.0. The molecule has 0 aromatic rings. The average Bonchev–Trinajstić information content (AvgIpc) is 2.41. The summed E-state index contributed by atoms with van der Waals surface area (Å²) in [5.74, 6) is 0.762. The zero-order valence-electron chi connectivity index (χ0n) is 11.5. The van der Waals surface area contributed by atoms with E-state index in [0.717, 1.165) is 19.4 Å². The highest BCUT2D eigenvalue weighted by Crippen LogP contribution is 2.34. The first-order chi connectivity index (χ1) is 7.84. The Bertz CT molecular complexity index is 311. The standard InChI is InChI=1S/C14H24N2O/c1-11(9-15)10-16-8-7-12(14(2,3)4)5-6-13(16)17/h11-12H,5-8,10H2,1-4H3. The highest BCUT2D eigenvalue weighted by atomic mass is 16.2. The zero-order valence-corrected chi connectivity index (χ0v) is 11.5. The minimum Gasteiger partial charge on any atom is -0.341 e. The second-order valence-electron chi connectivity index (χ2n) is 6.26. The molecule has 0 aromatic heterocycles. The van der Waals surface area contributed by atoms with Gasteiger partial charge in [0.1, 0.15) is 0 Å². The van der Waals surface area contributed by atoms with Gasteiger partial charge in [0.05, 0.1) is 12.0 Å². The largest absolute Gasteiger partial charge is 0.341 e. The summed E-state index contributed by atoms with van der Waals surface area (Å²) in [6.45, 7) is 10.0. The van der Waals surface area contributed by atoms with Crippen molar-refractivity contribution >= 4 is 5.91 Å². The van der Waals surface area contributed by atoms with Gasteiger partial charge in [-0.15, -0.1) is 0 Å². The van der Waals surface area contributed by atoms with Crippen LogP contribution in [-0.4, -0.2) is 23.9 Å². The van der Waals surface area contributed by atoms with Crippen molar-refractivity contribution in [1.82, 2.24) is 4.90 Å². The van der Waals surface area contributed by atoms with E-state index in [1.807, 2.05) is 11.8 Å². The van der Waals surface area contributed by atoms with Gasteiger partial charge in [-0.05, 0) is 31.1 Å². The van der Waals surface area contributed by atoms with Gasteiger partial charge in [-0.1, -0.05) is 20.8 Å². The van der Waals surface area contributed by atoms with E-state index in [9.17, 15) is 4.79 Å². The molecule has 0 bridgehead atoms. The van der Waals surface area contributed by atoms with Crippen molar-refractivity contribution in [2.75, 3.05) is 13.1 Å². The van der Waals surface area contributed by atoms with Crippen LogP contribution in [0.5, 0.6) is 0 Å². The van der Waals surface area contributed by atoms with Crippen LogP contribution in [0.25, 0.3) is 0 Å². The Morgan fingerprint density at radius 1 is 1.47 bits per heavy atom. The summed E-state index contributed by atoms with van der Waals surface area (Å²) in [5.41, 5.74) is 0.275. The average molecular weight is 236 g/mol. The molecule has 0 spiro atoms. The highest BCUT2D eigenvalue weighted by molar-refractivity contribution is 5.76. The van der Waals surface area contributed by atoms with Gasteiger partial charge in [-0.3, -0.25) is 4.79 Å². The molecule has 0 radical (unpaired) electrons. The van der Waals surface area contributed by atoms with Crippen molar-refractivity contribution in [2.24, 2.45) is 17.3 Å². The van der Waals surface area contributed by atoms with Crippen LogP contribution in [0.3, 0.4) is 0 Å². The number of nitrogens with zero attached hydrogens (tertiary/aromatic N) is 2. The first-order valence-electron chi connectivity index (χ1n) is 6.52. The molecule has 0 aliphatic carbocycles. The smallest absolute Gasteiger partial charge is 0.222 e. The number of hydrogen-bond acceptors (Lipinski definition) is 2. The van der Waals surface area contributed by atoms with Crippen molar-refractivity contribution in [1.29, 1.82) is 5.26 Å². The van der Waals surface area contributed by atoms with Gasteiger partial charge in [0.15, 0.2) is 0 Å². The summed E-state index contributed by atoms with van der Waals surface area (Å²) in [4.78, 5) is 13.8. The molecule has 96 valence electrons. The van der Waals surface area contributed by atoms with E-state index in [-0.39, 0.29) is 17.2 Å². The van der Waals surface area contributed by atoms with Crippen LogP contribution < -0.4 is 0 Å². The van der Waals surface area contributed by atoms with Crippen LogP contribution in [0.1, 0.15) is 47.0 Å². The van der Waals surface area contributed by atoms with E-state index in [1.54, 1.807) is 0 Å². The number of likely N-dealkylation sites (tertiary alicyclic amines) is 1. The summed E-state index contributed by atoms with van der Waals surface area (Å²) in [6.07, 6.45) is 2.69. The minimum atomic E-state index is -0.0647. The van der Waals surface area contributed by atoms with Crippen molar-refractivity contribution < 1.29 is 4.79 Å². The van der Waals surface area contributed by atoms with Crippen LogP contribution in [0.2, 0.25) is 0 Å². The second-order valence-corrected chi connectivity index (χ2v) is 6.26. The van der Waals surface area contributed by atoms with E-state index in [2.05, 4.69) is 26.8 Å². The molecule has 0 N–H and O–H groups in total. The quantitative estimate of drug-likeness (QED) is 0.740. The predicted octanol–water partition coefficient (Wildman–Crippen LogP) is 2.82. The number of amides is 1. The molecule has 2 unspecified atom stereocenters. The topological polar surface area (TPSA) is 44.1 Å². The van der Waals surface area contributed by atoms with E-state index in [0.29, 0.717) is 18.9 Å². The Labute approximate surface area is 105 Å². The number of carbonyl (C=O) groups is 1. The fraction of sp³-hybridized carbons (Fsp3) is 0.857. The van der Waals surface area contributed by atoms with Gasteiger partial charge >= 0.3 is 0 Å². The monoisotopic (exact) mass is 236 g/mol. The van der Waals surface area contributed by atoms with Crippen LogP contribution in [0, 0.1) is 28.6 Å². The molecule has 1 rings (SSSR count). The van der Waals surface area contributed by atoms with Crippen LogP contribution >= 0.6 is 0 Å². The van der Waals surface area contributed by atoms with E-state index >= 15 is 0 Å². The van der Waals surface area contributed by atoms with Crippen LogP contribution in [-0.2, 0) is 4.79 Å². The van der Waals surface area contributed by atoms with Crippen LogP contribution in [0.15, 0.2) is 0 Å². The highest BCUT2D eigenvalue weighted by Gasteiger charge is 2.30. The van der Waals surface area contributed by atoms with Gasteiger partial charge < -0.3 is 4.90 Å². The SMILES string of the molecule is CC(C#N)CN1CCC(C(C)(C)C)CCC1=O. The van der Waals surface area contributed by atoms with E-state index in [1.165, 1.54) is 0 Å². The van der Waals surface area contributed by atoms with Crippen molar-refractivity contribution in [3.05, 3.63) is 0 Å². The third-order valence-corrected chi connectivity index (χ3v) is 3.75. The third-order valence-electron chi connectivity index (χ3n) is 3.75. The maximum atomic E-state index is 12.0. The molecule has 3 nitrogen and oxygen atoms in total. The molecular formula is C14H24N2O. The molecule has 1 fully saturated rings. The van der Waals surface area contributed by atoms with Crippen molar-refractivity contribution in [3.8, 4) is 6.07 Å². The fourth-order valence-corrected chi connectivity index (χ4v) is 2.47. The maximum absolute atomic E-state index is 12.0. The summed E-state index contributed by atoms with van der Waals surface area (Å²) in [6, 6.07) is 2.20.